The molecule has 3 fully saturated rings. The van der Waals surface area contributed by atoms with Gasteiger partial charge in [-0.15, -0.1) is 0 Å². The van der Waals surface area contributed by atoms with Crippen molar-refractivity contribution in [3.05, 3.63) is 47.7 Å². The molecule has 2 saturated heterocycles. The summed E-state index contributed by atoms with van der Waals surface area (Å²) in [4.78, 5) is 45.8. The molecule has 3 heterocycles. The van der Waals surface area contributed by atoms with Crippen molar-refractivity contribution in [2.45, 2.75) is 69.9 Å². The number of anilines is 2. The number of rotatable bonds is 5. The molecule has 244 valence electrons. The summed E-state index contributed by atoms with van der Waals surface area (Å²) in [6, 6.07) is 4.61. The Morgan fingerprint density at radius 3 is 2.40 bits per heavy atom. The zero-order chi connectivity index (χ0) is 33.1. The number of methoxy groups -OCH3 is 1. The van der Waals surface area contributed by atoms with Crippen LogP contribution in [0.4, 0.5) is 38.3 Å². The highest BCUT2D eigenvalue weighted by Gasteiger charge is 2.80. The lowest BCUT2D eigenvalue weighted by Gasteiger charge is -2.54. The van der Waals surface area contributed by atoms with E-state index in [0.717, 1.165) is 19.2 Å². The summed E-state index contributed by atoms with van der Waals surface area (Å²) in [7, 11) is 1.06. The van der Waals surface area contributed by atoms with Gasteiger partial charge in [0.05, 0.1) is 7.11 Å². The third-order valence-corrected chi connectivity index (χ3v) is 8.73. The van der Waals surface area contributed by atoms with Crippen molar-refractivity contribution in [3.8, 4) is 5.75 Å². The minimum atomic E-state index is -4.87. The van der Waals surface area contributed by atoms with Gasteiger partial charge in [-0.1, -0.05) is 13.0 Å². The number of amides is 3. The Labute approximate surface area is 255 Å². The van der Waals surface area contributed by atoms with Crippen LogP contribution >= 0.6 is 0 Å². The van der Waals surface area contributed by atoms with Gasteiger partial charge in [0.25, 0.3) is 5.91 Å². The average molecular weight is 641 g/mol. The van der Waals surface area contributed by atoms with Crippen LogP contribution < -0.4 is 15.0 Å². The van der Waals surface area contributed by atoms with Crippen LogP contribution in [-0.4, -0.2) is 78.0 Å². The maximum Gasteiger partial charge on any atom is 0.418 e. The average Bonchev–Trinajstić information content (AvgIpc) is 3.12. The van der Waals surface area contributed by atoms with E-state index in [-0.39, 0.29) is 43.1 Å². The molecule has 15 heteroatoms. The second-order valence-corrected chi connectivity index (χ2v) is 12.6. The van der Waals surface area contributed by atoms with Crippen LogP contribution in [0.1, 0.15) is 52.0 Å². The molecule has 3 amide bonds. The minimum absolute atomic E-state index is 0.000103. The number of piperazine rings is 1. The molecule has 45 heavy (non-hydrogen) atoms. The summed E-state index contributed by atoms with van der Waals surface area (Å²) in [6.07, 6.45) is -6.41. The molecule has 0 bridgehead atoms. The number of halogens is 5. The first kappa shape index (κ1) is 32.4. The van der Waals surface area contributed by atoms with Gasteiger partial charge in [0, 0.05) is 47.9 Å². The van der Waals surface area contributed by atoms with Crippen molar-refractivity contribution in [1.29, 1.82) is 0 Å². The Hall–Kier alpha value is -4.01. The number of hydrogen-bond acceptors (Lipinski definition) is 7. The highest BCUT2D eigenvalue weighted by Crippen LogP contribution is 2.71. The standard InChI is InChI=1S/C30H33F5N4O6/c1-27(2,3)45-26(42)38-12-13-39(20(40)15-38)19-14-16(8-11-36-19)37-25(41)24-21(17-6-7-18(31)22(32)23(17)43-5)28(4)9-10-29(28,44-24)30(33,34)35/h6-8,11,14,21,24H,9-10,12-13,15H2,1-5H3,(H,36,37,41)/t21-,24+,28+,29+/m0/s1. The van der Waals surface area contributed by atoms with Crippen LogP contribution in [0.25, 0.3) is 0 Å². The van der Waals surface area contributed by atoms with E-state index in [2.05, 4.69) is 10.3 Å². The van der Waals surface area contributed by atoms with Crippen molar-refractivity contribution in [1.82, 2.24) is 9.88 Å². The number of nitrogens with one attached hydrogen (secondary N) is 1. The fourth-order valence-corrected chi connectivity index (χ4v) is 6.46. The Bertz CT molecular complexity index is 1530. The molecular formula is C30H33F5N4O6. The first-order valence-corrected chi connectivity index (χ1v) is 14.2. The summed E-state index contributed by atoms with van der Waals surface area (Å²) in [6.45, 7) is 6.36. The number of nitrogens with zero attached hydrogens (tertiary/aromatic N) is 3. The summed E-state index contributed by atoms with van der Waals surface area (Å²) in [5.74, 6) is -5.93. The van der Waals surface area contributed by atoms with Crippen LogP contribution in [0.3, 0.4) is 0 Å². The highest BCUT2D eigenvalue weighted by molar-refractivity contribution is 5.99. The van der Waals surface area contributed by atoms with E-state index in [1.807, 2.05) is 0 Å². The lowest BCUT2D eigenvalue weighted by molar-refractivity contribution is -0.328. The SMILES string of the molecule is COc1c([C@H]2[C@H](C(=O)Nc3ccnc(N4CCN(C(=O)OC(C)(C)C)CC4=O)c3)O[C@]3(C(F)(F)F)CC[C@]23C)ccc(F)c1F. The first-order chi connectivity index (χ1) is 20.9. The molecule has 1 N–H and O–H groups in total. The molecule has 0 spiro atoms. The second kappa shape index (κ2) is 11.1. The topological polar surface area (TPSA) is 110 Å². The van der Waals surface area contributed by atoms with Crippen molar-refractivity contribution < 1.29 is 50.5 Å². The maximum absolute atomic E-state index is 14.7. The molecule has 4 atom stereocenters. The van der Waals surface area contributed by atoms with E-state index < -0.39 is 76.5 Å². The van der Waals surface area contributed by atoms with Gasteiger partial charge in [0.1, 0.15) is 24.1 Å². The molecule has 1 aromatic heterocycles. The second-order valence-electron chi connectivity index (χ2n) is 12.6. The summed E-state index contributed by atoms with van der Waals surface area (Å²) in [5, 5.41) is 2.55. The lowest BCUT2D eigenvalue weighted by Crippen LogP contribution is -2.63. The van der Waals surface area contributed by atoms with Gasteiger partial charge in [-0.3, -0.25) is 19.4 Å². The van der Waals surface area contributed by atoms with Crippen LogP contribution in [0.2, 0.25) is 0 Å². The van der Waals surface area contributed by atoms with Crippen molar-refractivity contribution in [2.24, 2.45) is 5.41 Å². The predicted octanol–water partition coefficient (Wildman–Crippen LogP) is 5.17. The number of carbonyl (C=O) groups excluding carboxylic acids is 3. The Morgan fingerprint density at radius 2 is 1.82 bits per heavy atom. The monoisotopic (exact) mass is 640 g/mol. The Morgan fingerprint density at radius 1 is 1.11 bits per heavy atom. The van der Waals surface area contributed by atoms with E-state index in [0.29, 0.717) is 0 Å². The van der Waals surface area contributed by atoms with Crippen LogP contribution in [-0.2, 0) is 19.1 Å². The predicted molar refractivity (Wildman–Crippen MR) is 150 cm³/mol. The minimum Gasteiger partial charge on any atom is -0.493 e. The van der Waals surface area contributed by atoms with Gasteiger partial charge in [0.15, 0.2) is 17.2 Å². The quantitative estimate of drug-likeness (QED) is 0.449. The highest BCUT2D eigenvalue weighted by atomic mass is 19.4. The molecule has 0 unspecified atom stereocenters. The van der Waals surface area contributed by atoms with E-state index in [1.54, 1.807) is 20.8 Å². The smallest absolute Gasteiger partial charge is 0.418 e. The molecule has 10 nitrogen and oxygen atoms in total. The first-order valence-electron chi connectivity index (χ1n) is 14.2. The van der Waals surface area contributed by atoms with E-state index in [4.69, 9.17) is 14.2 Å². The number of benzene rings is 1. The van der Waals surface area contributed by atoms with Gasteiger partial charge in [0.2, 0.25) is 11.7 Å². The molecule has 0 radical (unpaired) electrons. The maximum atomic E-state index is 14.7. The van der Waals surface area contributed by atoms with E-state index in [1.165, 1.54) is 35.1 Å². The fourth-order valence-electron chi connectivity index (χ4n) is 6.46. The third kappa shape index (κ3) is 5.44. The molecular weight excluding hydrogens is 607 g/mol. The normalized spacial score (nSPS) is 26.7. The molecule has 1 saturated carbocycles. The van der Waals surface area contributed by atoms with Crippen LogP contribution in [0, 0.1) is 17.0 Å². The largest absolute Gasteiger partial charge is 0.493 e. The molecule has 3 aliphatic rings. The Kier molecular flexibility index (Phi) is 7.99. The number of fused-ring (bicyclic) bond motifs is 1. The van der Waals surface area contributed by atoms with Crippen molar-refractivity contribution >= 4 is 29.4 Å². The van der Waals surface area contributed by atoms with Crippen molar-refractivity contribution in [3.63, 3.8) is 0 Å². The summed E-state index contributed by atoms with van der Waals surface area (Å²) >= 11 is 0. The van der Waals surface area contributed by atoms with E-state index >= 15 is 0 Å². The van der Waals surface area contributed by atoms with Gasteiger partial charge in [-0.05, 0) is 45.7 Å². The lowest BCUT2D eigenvalue weighted by atomic mass is 9.51. The number of pyridine rings is 1. The molecule has 2 aromatic rings. The van der Waals surface area contributed by atoms with Crippen LogP contribution in [0.15, 0.2) is 30.5 Å². The number of aromatic nitrogens is 1. The molecule has 1 aromatic carbocycles. The van der Waals surface area contributed by atoms with Gasteiger partial charge in [-0.2, -0.15) is 17.6 Å². The molecule has 5 rings (SSSR count). The fraction of sp³-hybridized carbons (Fsp3) is 0.533. The summed E-state index contributed by atoms with van der Waals surface area (Å²) in [5.41, 5.74) is -5.19. The van der Waals surface area contributed by atoms with Crippen molar-refractivity contribution in [2.75, 3.05) is 37.0 Å². The number of alkyl halides is 3. The van der Waals surface area contributed by atoms with Gasteiger partial charge < -0.3 is 19.5 Å². The van der Waals surface area contributed by atoms with Crippen LogP contribution in [0.5, 0.6) is 5.75 Å². The molecule has 1 aliphatic carbocycles. The van der Waals surface area contributed by atoms with Gasteiger partial charge in [-0.25, -0.2) is 14.2 Å². The Balaban J connectivity index is 1.41. The number of ether oxygens (including phenoxy) is 3. The zero-order valence-corrected chi connectivity index (χ0v) is 25.3. The summed E-state index contributed by atoms with van der Waals surface area (Å²) < 4.78 is 88.4. The zero-order valence-electron chi connectivity index (χ0n) is 25.3. The number of carbonyl (C=O) groups is 3. The van der Waals surface area contributed by atoms with Gasteiger partial charge >= 0.3 is 12.3 Å². The molecule has 2 aliphatic heterocycles. The van der Waals surface area contributed by atoms with E-state index in [9.17, 15) is 36.3 Å². The third-order valence-electron chi connectivity index (χ3n) is 8.73. The number of hydrogen-bond donors (Lipinski definition) is 1.